The summed E-state index contributed by atoms with van der Waals surface area (Å²) in [4.78, 5) is 0. The number of hydrogen-bond acceptors (Lipinski definition) is 4. The minimum Gasteiger partial charge on any atom is -0.497 e. The van der Waals surface area contributed by atoms with Crippen LogP contribution in [0.2, 0.25) is 0 Å². The van der Waals surface area contributed by atoms with Gasteiger partial charge in [0.2, 0.25) is 0 Å². The molecule has 1 aromatic carbocycles. The van der Waals surface area contributed by atoms with Crippen LogP contribution in [0, 0.1) is 0 Å². The average molecular weight is 267 g/mol. The van der Waals surface area contributed by atoms with Crippen LogP contribution in [-0.4, -0.2) is 46.6 Å². The van der Waals surface area contributed by atoms with E-state index in [-0.39, 0.29) is 0 Å². The van der Waals surface area contributed by atoms with E-state index in [0.717, 1.165) is 25.3 Å². The van der Waals surface area contributed by atoms with Crippen LogP contribution < -0.4 is 10.1 Å². The van der Waals surface area contributed by atoms with Gasteiger partial charge in [-0.15, -0.1) is 0 Å². The molecule has 19 heavy (non-hydrogen) atoms. The van der Waals surface area contributed by atoms with E-state index in [0.29, 0.717) is 19.3 Å². The van der Waals surface area contributed by atoms with Gasteiger partial charge in [-0.2, -0.15) is 0 Å². The molecule has 0 amide bonds. The van der Waals surface area contributed by atoms with Gasteiger partial charge in [0.05, 0.1) is 26.9 Å². The molecular formula is C15H25NO3. The standard InChI is InChI=1S/C15H25NO3/c1-13(16-8-9-19-11-10-17-2)12-14-4-6-15(18-3)7-5-14/h4-7,13,16H,8-12H2,1-3H3. The summed E-state index contributed by atoms with van der Waals surface area (Å²) < 4.78 is 15.5. The third-order valence-electron chi connectivity index (χ3n) is 2.87. The van der Waals surface area contributed by atoms with Gasteiger partial charge in [-0.05, 0) is 31.0 Å². The minimum atomic E-state index is 0.430. The molecule has 1 unspecified atom stereocenters. The summed E-state index contributed by atoms with van der Waals surface area (Å²) >= 11 is 0. The lowest BCUT2D eigenvalue weighted by molar-refractivity contribution is 0.0712. The van der Waals surface area contributed by atoms with Crippen molar-refractivity contribution < 1.29 is 14.2 Å². The maximum atomic E-state index is 5.40. The fourth-order valence-corrected chi connectivity index (χ4v) is 1.81. The second-order valence-electron chi connectivity index (χ2n) is 4.51. The van der Waals surface area contributed by atoms with E-state index in [9.17, 15) is 0 Å². The molecule has 0 fully saturated rings. The Bertz CT molecular complexity index is 327. The molecule has 1 aromatic rings. The molecule has 1 atom stereocenters. The summed E-state index contributed by atoms with van der Waals surface area (Å²) in [7, 11) is 3.36. The highest BCUT2D eigenvalue weighted by Gasteiger charge is 2.03. The second-order valence-corrected chi connectivity index (χ2v) is 4.51. The fraction of sp³-hybridized carbons (Fsp3) is 0.600. The summed E-state index contributed by atoms with van der Waals surface area (Å²) in [6.07, 6.45) is 1.00. The first-order chi connectivity index (χ1) is 9.26. The lowest BCUT2D eigenvalue weighted by atomic mass is 10.1. The molecule has 4 nitrogen and oxygen atoms in total. The molecule has 108 valence electrons. The molecule has 0 bridgehead atoms. The van der Waals surface area contributed by atoms with Crippen molar-refractivity contribution >= 4 is 0 Å². The van der Waals surface area contributed by atoms with Crippen LogP contribution in [0.1, 0.15) is 12.5 Å². The molecule has 0 aliphatic carbocycles. The Morgan fingerprint density at radius 3 is 2.42 bits per heavy atom. The van der Waals surface area contributed by atoms with Crippen LogP contribution >= 0.6 is 0 Å². The van der Waals surface area contributed by atoms with Gasteiger partial charge in [-0.3, -0.25) is 0 Å². The maximum Gasteiger partial charge on any atom is 0.118 e. The lowest BCUT2D eigenvalue weighted by Crippen LogP contribution is -2.31. The third kappa shape index (κ3) is 7.15. The van der Waals surface area contributed by atoms with Gasteiger partial charge in [0.1, 0.15) is 5.75 Å². The SMILES string of the molecule is COCCOCCNC(C)Cc1ccc(OC)cc1. The summed E-state index contributed by atoms with van der Waals surface area (Å²) in [6, 6.07) is 8.63. The Morgan fingerprint density at radius 2 is 1.79 bits per heavy atom. The highest BCUT2D eigenvalue weighted by atomic mass is 16.5. The zero-order valence-electron chi connectivity index (χ0n) is 12.1. The zero-order chi connectivity index (χ0) is 13.9. The first-order valence-electron chi connectivity index (χ1n) is 6.69. The quantitative estimate of drug-likeness (QED) is 0.657. The zero-order valence-corrected chi connectivity index (χ0v) is 12.1. The third-order valence-corrected chi connectivity index (χ3v) is 2.87. The Morgan fingerprint density at radius 1 is 1.05 bits per heavy atom. The molecule has 0 aliphatic rings. The van der Waals surface area contributed by atoms with Crippen LogP contribution in [-0.2, 0) is 15.9 Å². The van der Waals surface area contributed by atoms with Crippen molar-refractivity contribution in [2.45, 2.75) is 19.4 Å². The molecule has 0 aliphatic heterocycles. The number of nitrogens with one attached hydrogen (secondary N) is 1. The summed E-state index contributed by atoms with van der Waals surface area (Å²) in [5.74, 6) is 0.899. The van der Waals surface area contributed by atoms with E-state index in [1.54, 1.807) is 14.2 Å². The van der Waals surface area contributed by atoms with Gasteiger partial charge in [-0.25, -0.2) is 0 Å². The van der Waals surface area contributed by atoms with Crippen LogP contribution in [0.25, 0.3) is 0 Å². The largest absolute Gasteiger partial charge is 0.497 e. The monoisotopic (exact) mass is 267 g/mol. The van der Waals surface area contributed by atoms with Crippen molar-refractivity contribution in [2.24, 2.45) is 0 Å². The Kier molecular flexibility index (Phi) is 8.21. The molecule has 0 spiro atoms. The number of benzene rings is 1. The van der Waals surface area contributed by atoms with Crippen molar-refractivity contribution in [3.8, 4) is 5.75 Å². The van der Waals surface area contributed by atoms with Gasteiger partial charge >= 0.3 is 0 Å². The van der Waals surface area contributed by atoms with Crippen LogP contribution in [0.5, 0.6) is 5.75 Å². The highest BCUT2D eigenvalue weighted by molar-refractivity contribution is 5.27. The predicted octanol–water partition coefficient (Wildman–Crippen LogP) is 1.88. The summed E-state index contributed by atoms with van der Waals surface area (Å²) in [5, 5.41) is 3.44. The number of ether oxygens (including phenoxy) is 3. The van der Waals surface area contributed by atoms with E-state index in [4.69, 9.17) is 14.2 Å². The van der Waals surface area contributed by atoms with Gasteiger partial charge in [-0.1, -0.05) is 12.1 Å². The molecule has 0 saturated carbocycles. The van der Waals surface area contributed by atoms with Crippen LogP contribution in [0.15, 0.2) is 24.3 Å². The van der Waals surface area contributed by atoms with E-state index in [1.165, 1.54) is 5.56 Å². The van der Waals surface area contributed by atoms with Crippen molar-refractivity contribution in [1.29, 1.82) is 0 Å². The Hall–Kier alpha value is -1.10. The second kappa shape index (κ2) is 9.78. The molecule has 1 N–H and O–H groups in total. The predicted molar refractivity (Wildman–Crippen MR) is 76.9 cm³/mol. The number of methoxy groups -OCH3 is 2. The smallest absolute Gasteiger partial charge is 0.118 e. The molecule has 0 radical (unpaired) electrons. The van der Waals surface area contributed by atoms with Crippen LogP contribution in [0.3, 0.4) is 0 Å². The number of hydrogen-bond donors (Lipinski definition) is 1. The van der Waals surface area contributed by atoms with Crippen molar-refractivity contribution in [1.82, 2.24) is 5.32 Å². The molecule has 0 saturated heterocycles. The summed E-state index contributed by atoms with van der Waals surface area (Å²) in [6.45, 7) is 5.07. The van der Waals surface area contributed by atoms with E-state index in [1.807, 2.05) is 12.1 Å². The summed E-state index contributed by atoms with van der Waals surface area (Å²) in [5.41, 5.74) is 1.31. The van der Waals surface area contributed by atoms with E-state index in [2.05, 4.69) is 24.4 Å². The molecule has 0 aromatic heterocycles. The fourth-order valence-electron chi connectivity index (χ4n) is 1.81. The van der Waals surface area contributed by atoms with Crippen molar-refractivity contribution in [3.05, 3.63) is 29.8 Å². The molecule has 4 heteroatoms. The molecule has 0 heterocycles. The van der Waals surface area contributed by atoms with Gasteiger partial charge < -0.3 is 19.5 Å². The van der Waals surface area contributed by atoms with Gasteiger partial charge in [0.25, 0.3) is 0 Å². The van der Waals surface area contributed by atoms with Crippen LogP contribution in [0.4, 0.5) is 0 Å². The molecular weight excluding hydrogens is 242 g/mol. The van der Waals surface area contributed by atoms with E-state index < -0.39 is 0 Å². The number of rotatable bonds is 10. The van der Waals surface area contributed by atoms with Gasteiger partial charge in [0.15, 0.2) is 0 Å². The first kappa shape index (κ1) is 16.0. The normalized spacial score (nSPS) is 12.4. The van der Waals surface area contributed by atoms with Gasteiger partial charge in [0, 0.05) is 19.7 Å². The molecule has 1 rings (SSSR count). The maximum absolute atomic E-state index is 5.40. The minimum absolute atomic E-state index is 0.430. The Balaban J connectivity index is 2.14. The average Bonchev–Trinajstić information content (AvgIpc) is 2.43. The van der Waals surface area contributed by atoms with Crippen molar-refractivity contribution in [2.75, 3.05) is 40.6 Å². The van der Waals surface area contributed by atoms with E-state index >= 15 is 0 Å². The Labute approximate surface area is 116 Å². The first-order valence-corrected chi connectivity index (χ1v) is 6.69. The van der Waals surface area contributed by atoms with Crippen molar-refractivity contribution in [3.63, 3.8) is 0 Å². The lowest BCUT2D eigenvalue weighted by Gasteiger charge is -2.14. The highest BCUT2D eigenvalue weighted by Crippen LogP contribution is 2.12. The topological polar surface area (TPSA) is 39.7 Å².